The quantitative estimate of drug-likeness (QED) is 0.596. The SMILES string of the molecule is NC(=O)Nc1cccc(C(=O)OCCOc2cccc(Br)c2)c1. The molecule has 0 radical (unpaired) electrons. The topological polar surface area (TPSA) is 90.7 Å². The zero-order chi connectivity index (χ0) is 16.7. The molecule has 0 saturated carbocycles. The third-order valence-electron chi connectivity index (χ3n) is 2.75. The van der Waals surface area contributed by atoms with E-state index in [1.807, 2.05) is 24.3 Å². The molecule has 0 unspecified atom stereocenters. The van der Waals surface area contributed by atoms with Crippen molar-refractivity contribution in [3.05, 3.63) is 58.6 Å². The summed E-state index contributed by atoms with van der Waals surface area (Å²) in [5, 5.41) is 2.40. The molecule has 0 aliphatic carbocycles. The Balaban J connectivity index is 1.81. The van der Waals surface area contributed by atoms with Crippen molar-refractivity contribution in [1.82, 2.24) is 0 Å². The number of halogens is 1. The Morgan fingerprint density at radius 1 is 1.09 bits per heavy atom. The molecule has 7 heteroatoms. The molecule has 0 atom stereocenters. The number of amides is 2. The van der Waals surface area contributed by atoms with E-state index < -0.39 is 12.0 Å². The second-order valence-electron chi connectivity index (χ2n) is 4.51. The second-order valence-corrected chi connectivity index (χ2v) is 5.43. The number of anilines is 1. The smallest absolute Gasteiger partial charge is 0.338 e. The molecule has 2 aromatic carbocycles. The number of primary amides is 1. The highest BCUT2D eigenvalue weighted by Gasteiger charge is 2.08. The van der Waals surface area contributed by atoms with Crippen LogP contribution in [0.3, 0.4) is 0 Å². The van der Waals surface area contributed by atoms with Gasteiger partial charge >= 0.3 is 12.0 Å². The monoisotopic (exact) mass is 378 g/mol. The van der Waals surface area contributed by atoms with E-state index in [-0.39, 0.29) is 13.2 Å². The first-order chi connectivity index (χ1) is 11.0. The van der Waals surface area contributed by atoms with E-state index in [1.165, 1.54) is 6.07 Å². The van der Waals surface area contributed by atoms with Gasteiger partial charge in [-0.1, -0.05) is 28.1 Å². The normalized spacial score (nSPS) is 9.96. The molecule has 0 saturated heterocycles. The van der Waals surface area contributed by atoms with Gasteiger partial charge in [-0.15, -0.1) is 0 Å². The largest absolute Gasteiger partial charge is 0.490 e. The molecule has 0 aliphatic rings. The predicted molar refractivity (Wildman–Crippen MR) is 89.6 cm³/mol. The lowest BCUT2D eigenvalue weighted by molar-refractivity contribution is 0.0450. The number of hydrogen-bond acceptors (Lipinski definition) is 4. The van der Waals surface area contributed by atoms with Crippen LogP contribution in [-0.2, 0) is 4.74 Å². The molecule has 0 fully saturated rings. The second kappa shape index (κ2) is 8.19. The molecule has 3 N–H and O–H groups in total. The van der Waals surface area contributed by atoms with Gasteiger partial charge in [-0.25, -0.2) is 9.59 Å². The Labute approximate surface area is 141 Å². The fourth-order valence-corrected chi connectivity index (χ4v) is 2.18. The number of nitrogens with two attached hydrogens (primary N) is 1. The minimum absolute atomic E-state index is 0.110. The first-order valence-corrected chi connectivity index (χ1v) is 7.56. The highest BCUT2D eigenvalue weighted by atomic mass is 79.9. The maximum Gasteiger partial charge on any atom is 0.338 e. The van der Waals surface area contributed by atoms with Crippen molar-refractivity contribution in [2.45, 2.75) is 0 Å². The van der Waals surface area contributed by atoms with E-state index >= 15 is 0 Å². The van der Waals surface area contributed by atoms with Crippen LogP contribution in [0.15, 0.2) is 53.0 Å². The number of hydrogen-bond donors (Lipinski definition) is 2. The Kier molecular flexibility index (Phi) is 5.99. The number of urea groups is 1. The van der Waals surface area contributed by atoms with Crippen LogP contribution in [0.5, 0.6) is 5.75 Å². The summed E-state index contributed by atoms with van der Waals surface area (Å²) in [5.74, 6) is 0.180. The highest BCUT2D eigenvalue weighted by molar-refractivity contribution is 9.10. The van der Waals surface area contributed by atoms with Crippen molar-refractivity contribution in [1.29, 1.82) is 0 Å². The molecular weight excluding hydrogens is 364 g/mol. The van der Waals surface area contributed by atoms with E-state index in [0.717, 1.165) is 4.47 Å². The van der Waals surface area contributed by atoms with Gasteiger partial charge in [0.2, 0.25) is 0 Å². The molecule has 0 heterocycles. The summed E-state index contributed by atoms with van der Waals surface area (Å²) >= 11 is 3.34. The highest BCUT2D eigenvalue weighted by Crippen LogP contribution is 2.17. The minimum atomic E-state index is -0.696. The first-order valence-electron chi connectivity index (χ1n) is 6.76. The van der Waals surface area contributed by atoms with Gasteiger partial charge < -0.3 is 20.5 Å². The molecule has 0 bridgehead atoms. The van der Waals surface area contributed by atoms with Gasteiger partial charge in [-0.2, -0.15) is 0 Å². The van der Waals surface area contributed by atoms with Gasteiger partial charge in [-0.3, -0.25) is 0 Å². The molecule has 6 nitrogen and oxygen atoms in total. The minimum Gasteiger partial charge on any atom is -0.490 e. The van der Waals surface area contributed by atoms with E-state index in [4.69, 9.17) is 15.2 Å². The summed E-state index contributed by atoms with van der Waals surface area (Å²) in [6, 6.07) is 13.0. The van der Waals surface area contributed by atoms with Crippen LogP contribution in [0, 0.1) is 0 Å². The third-order valence-corrected chi connectivity index (χ3v) is 3.24. The zero-order valence-corrected chi connectivity index (χ0v) is 13.7. The van der Waals surface area contributed by atoms with Gasteiger partial charge in [0, 0.05) is 10.2 Å². The Bertz CT molecular complexity index is 706. The number of rotatable bonds is 6. The van der Waals surface area contributed by atoms with Crippen LogP contribution >= 0.6 is 15.9 Å². The molecule has 2 aromatic rings. The number of carbonyl (C=O) groups excluding carboxylic acids is 2. The standard InChI is InChI=1S/C16H15BrN2O4/c17-12-4-2-6-14(10-12)22-7-8-23-15(20)11-3-1-5-13(9-11)19-16(18)21/h1-6,9-10H,7-8H2,(H3,18,19,21). The van der Waals surface area contributed by atoms with Crippen molar-refractivity contribution >= 4 is 33.6 Å². The average molecular weight is 379 g/mol. The lowest BCUT2D eigenvalue weighted by atomic mass is 10.2. The van der Waals surface area contributed by atoms with Gasteiger partial charge in [0.1, 0.15) is 19.0 Å². The predicted octanol–water partition coefficient (Wildman–Crippen LogP) is 3.18. The molecule has 23 heavy (non-hydrogen) atoms. The molecule has 120 valence electrons. The van der Waals surface area contributed by atoms with Crippen molar-refractivity contribution in [2.75, 3.05) is 18.5 Å². The van der Waals surface area contributed by atoms with Gasteiger partial charge in [0.15, 0.2) is 0 Å². The lowest BCUT2D eigenvalue weighted by Gasteiger charge is -2.08. The molecule has 0 spiro atoms. The summed E-state index contributed by atoms with van der Waals surface area (Å²) < 4.78 is 11.5. The maximum absolute atomic E-state index is 11.9. The van der Waals surface area contributed by atoms with Crippen LogP contribution in [0.1, 0.15) is 10.4 Å². The molecule has 0 aromatic heterocycles. The lowest BCUT2D eigenvalue weighted by Crippen LogP contribution is -2.19. The summed E-state index contributed by atoms with van der Waals surface area (Å²) in [4.78, 5) is 22.7. The molecular formula is C16H15BrN2O4. The number of ether oxygens (including phenoxy) is 2. The van der Waals surface area contributed by atoms with E-state index in [1.54, 1.807) is 18.2 Å². The van der Waals surface area contributed by atoms with Crippen LogP contribution in [0.25, 0.3) is 0 Å². The fraction of sp³-hybridized carbons (Fsp3) is 0.125. The van der Waals surface area contributed by atoms with Gasteiger partial charge in [0.25, 0.3) is 0 Å². The van der Waals surface area contributed by atoms with Crippen molar-refractivity contribution in [3.63, 3.8) is 0 Å². The molecule has 0 aliphatic heterocycles. The van der Waals surface area contributed by atoms with E-state index in [0.29, 0.717) is 17.0 Å². The fourth-order valence-electron chi connectivity index (χ4n) is 1.80. The van der Waals surface area contributed by atoms with Crippen LogP contribution in [-0.4, -0.2) is 25.2 Å². The number of nitrogens with one attached hydrogen (secondary N) is 1. The number of benzene rings is 2. The summed E-state index contributed by atoms with van der Waals surface area (Å²) in [6.07, 6.45) is 0. The summed E-state index contributed by atoms with van der Waals surface area (Å²) in [6.45, 7) is 0.347. The van der Waals surface area contributed by atoms with E-state index in [9.17, 15) is 9.59 Å². The van der Waals surface area contributed by atoms with Crippen LogP contribution in [0.4, 0.5) is 10.5 Å². The Morgan fingerprint density at radius 3 is 2.61 bits per heavy atom. The number of esters is 1. The number of carbonyl (C=O) groups is 2. The molecule has 2 rings (SSSR count). The average Bonchev–Trinajstić information content (AvgIpc) is 2.51. The zero-order valence-electron chi connectivity index (χ0n) is 12.1. The van der Waals surface area contributed by atoms with Gasteiger partial charge in [-0.05, 0) is 36.4 Å². The maximum atomic E-state index is 11.9. The van der Waals surface area contributed by atoms with Crippen molar-refractivity contribution < 1.29 is 19.1 Å². The van der Waals surface area contributed by atoms with Crippen molar-refractivity contribution in [2.24, 2.45) is 5.73 Å². The van der Waals surface area contributed by atoms with Gasteiger partial charge in [0.05, 0.1) is 5.56 Å². The third kappa shape index (κ3) is 5.63. The Morgan fingerprint density at radius 2 is 1.87 bits per heavy atom. The summed E-state index contributed by atoms with van der Waals surface area (Å²) in [7, 11) is 0. The summed E-state index contributed by atoms with van der Waals surface area (Å²) in [5.41, 5.74) is 5.77. The van der Waals surface area contributed by atoms with E-state index in [2.05, 4.69) is 21.2 Å². The van der Waals surface area contributed by atoms with Crippen LogP contribution in [0.2, 0.25) is 0 Å². The molecule has 2 amide bonds. The first kappa shape index (κ1) is 16.8. The Hall–Kier alpha value is -2.54. The van der Waals surface area contributed by atoms with Crippen LogP contribution < -0.4 is 15.8 Å². The van der Waals surface area contributed by atoms with Crippen molar-refractivity contribution in [3.8, 4) is 5.75 Å².